The lowest BCUT2D eigenvalue weighted by molar-refractivity contribution is 0.477. The lowest BCUT2D eigenvalue weighted by atomic mass is 9.73. The molecule has 2 heteroatoms. The third-order valence-electron chi connectivity index (χ3n) is 5.61. The van der Waals surface area contributed by atoms with Crippen molar-refractivity contribution in [1.82, 2.24) is 0 Å². The number of rotatable bonds is 1. The maximum Gasteiger partial charge on any atom is 0.142 e. The molecule has 25 heavy (non-hydrogen) atoms. The van der Waals surface area contributed by atoms with Gasteiger partial charge < -0.3 is 8.83 Å². The Morgan fingerprint density at radius 3 is 2.52 bits per heavy atom. The first-order valence-corrected chi connectivity index (χ1v) is 8.84. The standard InChI is InChI=1S/C23H20O2/c1-15-14-18-22(24-15)21-17-10-6-7-11-19(17)25-20(21)12-13-23(18,2)16-8-4-3-5-9-16/h3-11,14H,12-13H2,1-2H3. The summed E-state index contributed by atoms with van der Waals surface area (Å²) in [6.45, 7) is 4.35. The van der Waals surface area contributed by atoms with E-state index in [1.807, 2.05) is 19.1 Å². The average molecular weight is 328 g/mol. The molecule has 5 rings (SSSR count). The number of hydrogen-bond acceptors (Lipinski definition) is 2. The highest BCUT2D eigenvalue weighted by atomic mass is 16.4. The van der Waals surface area contributed by atoms with Crippen LogP contribution in [0.1, 0.15) is 36.0 Å². The molecule has 2 nitrogen and oxygen atoms in total. The van der Waals surface area contributed by atoms with Crippen molar-refractivity contribution in [3.8, 4) is 11.3 Å². The van der Waals surface area contributed by atoms with Crippen LogP contribution in [0.2, 0.25) is 0 Å². The van der Waals surface area contributed by atoms with E-state index in [2.05, 4.69) is 55.5 Å². The highest BCUT2D eigenvalue weighted by Crippen LogP contribution is 2.49. The van der Waals surface area contributed by atoms with E-state index < -0.39 is 0 Å². The summed E-state index contributed by atoms with van der Waals surface area (Å²) in [5, 5.41) is 1.14. The molecule has 2 aromatic carbocycles. The topological polar surface area (TPSA) is 26.3 Å². The molecule has 1 unspecified atom stereocenters. The predicted octanol–water partition coefficient (Wildman–Crippen LogP) is 6.25. The van der Waals surface area contributed by atoms with Gasteiger partial charge in [0, 0.05) is 22.8 Å². The van der Waals surface area contributed by atoms with Crippen LogP contribution < -0.4 is 0 Å². The lowest BCUT2D eigenvalue weighted by Gasteiger charge is -2.29. The smallest absolute Gasteiger partial charge is 0.142 e. The summed E-state index contributed by atoms with van der Waals surface area (Å²) in [6.07, 6.45) is 1.90. The van der Waals surface area contributed by atoms with Crippen LogP contribution in [0.5, 0.6) is 0 Å². The molecule has 0 amide bonds. The summed E-state index contributed by atoms with van der Waals surface area (Å²) in [6, 6.07) is 21.2. The van der Waals surface area contributed by atoms with Crippen molar-refractivity contribution in [2.75, 3.05) is 0 Å². The van der Waals surface area contributed by atoms with Crippen LogP contribution in [-0.4, -0.2) is 0 Å². The Bertz CT molecular complexity index is 1070. The molecule has 0 spiro atoms. The van der Waals surface area contributed by atoms with Crippen LogP contribution in [0.15, 0.2) is 69.5 Å². The summed E-state index contributed by atoms with van der Waals surface area (Å²) in [7, 11) is 0. The Morgan fingerprint density at radius 1 is 0.920 bits per heavy atom. The Kier molecular flexibility index (Phi) is 2.99. The van der Waals surface area contributed by atoms with Gasteiger partial charge in [0.05, 0.1) is 5.56 Å². The predicted molar refractivity (Wildman–Crippen MR) is 99.9 cm³/mol. The van der Waals surface area contributed by atoms with E-state index >= 15 is 0 Å². The fraction of sp³-hybridized carbons (Fsp3) is 0.217. The number of furan rings is 2. The first-order chi connectivity index (χ1) is 12.2. The van der Waals surface area contributed by atoms with Gasteiger partial charge in [-0.3, -0.25) is 0 Å². The van der Waals surface area contributed by atoms with Crippen molar-refractivity contribution in [1.29, 1.82) is 0 Å². The molecule has 2 heterocycles. The van der Waals surface area contributed by atoms with Gasteiger partial charge in [0.1, 0.15) is 22.9 Å². The van der Waals surface area contributed by atoms with Gasteiger partial charge in [-0.15, -0.1) is 0 Å². The van der Waals surface area contributed by atoms with Crippen LogP contribution in [0, 0.1) is 6.92 Å². The van der Waals surface area contributed by atoms with E-state index in [0.29, 0.717) is 0 Å². The van der Waals surface area contributed by atoms with Crippen molar-refractivity contribution in [2.45, 2.75) is 32.1 Å². The highest BCUT2D eigenvalue weighted by Gasteiger charge is 2.38. The van der Waals surface area contributed by atoms with E-state index in [4.69, 9.17) is 8.83 Å². The molecule has 0 aliphatic heterocycles. The van der Waals surface area contributed by atoms with E-state index in [-0.39, 0.29) is 5.41 Å². The van der Waals surface area contributed by atoms with E-state index in [1.165, 1.54) is 11.1 Å². The fourth-order valence-corrected chi connectivity index (χ4v) is 4.23. The largest absolute Gasteiger partial charge is 0.461 e. The van der Waals surface area contributed by atoms with Gasteiger partial charge in [-0.25, -0.2) is 0 Å². The summed E-state index contributed by atoms with van der Waals surface area (Å²) in [5.41, 5.74) is 4.58. The van der Waals surface area contributed by atoms with Crippen molar-refractivity contribution in [2.24, 2.45) is 0 Å². The minimum Gasteiger partial charge on any atom is -0.461 e. The first-order valence-electron chi connectivity index (χ1n) is 8.84. The molecule has 0 fully saturated rings. The van der Waals surface area contributed by atoms with E-state index in [1.54, 1.807) is 0 Å². The van der Waals surface area contributed by atoms with Crippen molar-refractivity contribution in [3.63, 3.8) is 0 Å². The first kappa shape index (κ1) is 14.6. The van der Waals surface area contributed by atoms with E-state index in [9.17, 15) is 0 Å². The molecule has 1 aliphatic carbocycles. The van der Waals surface area contributed by atoms with Gasteiger partial charge in [0.25, 0.3) is 0 Å². The molecule has 0 bridgehead atoms. The van der Waals surface area contributed by atoms with Crippen LogP contribution in [0.4, 0.5) is 0 Å². The monoisotopic (exact) mass is 328 g/mol. The Hall–Kier alpha value is -2.74. The number of hydrogen-bond donors (Lipinski definition) is 0. The second-order valence-corrected chi connectivity index (χ2v) is 7.19. The molecule has 0 saturated carbocycles. The van der Waals surface area contributed by atoms with Crippen LogP contribution in [0.3, 0.4) is 0 Å². The number of fused-ring (bicyclic) bond motifs is 5. The Labute approximate surface area is 147 Å². The van der Waals surface area contributed by atoms with Crippen molar-refractivity contribution in [3.05, 3.63) is 83.3 Å². The SMILES string of the molecule is Cc1cc2c(o1)-c1c(oc3ccccc13)CCC2(C)c1ccccc1. The molecule has 0 N–H and O–H groups in total. The number of para-hydroxylation sites is 1. The van der Waals surface area contributed by atoms with Gasteiger partial charge in [0.2, 0.25) is 0 Å². The lowest BCUT2D eigenvalue weighted by Crippen LogP contribution is -2.23. The van der Waals surface area contributed by atoms with Gasteiger partial charge >= 0.3 is 0 Å². The van der Waals surface area contributed by atoms with Crippen LogP contribution >= 0.6 is 0 Å². The zero-order chi connectivity index (χ0) is 17.0. The molecule has 124 valence electrons. The fourth-order valence-electron chi connectivity index (χ4n) is 4.23. The average Bonchev–Trinajstić information content (AvgIpc) is 3.18. The molecular weight excluding hydrogens is 308 g/mol. The maximum atomic E-state index is 6.24. The molecule has 0 saturated heterocycles. The van der Waals surface area contributed by atoms with Gasteiger partial charge in [-0.05, 0) is 31.0 Å². The number of benzene rings is 2. The minimum atomic E-state index is -0.0863. The van der Waals surface area contributed by atoms with Crippen LogP contribution in [0.25, 0.3) is 22.3 Å². The van der Waals surface area contributed by atoms with Gasteiger partial charge in [-0.2, -0.15) is 0 Å². The maximum absolute atomic E-state index is 6.24. The zero-order valence-electron chi connectivity index (χ0n) is 14.5. The minimum absolute atomic E-state index is 0.0863. The quantitative estimate of drug-likeness (QED) is 0.412. The summed E-state index contributed by atoms with van der Waals surface area (Å²) >= 11 is 0. The normalized spacial score (nSPS) is 19.4. The van der Waals surface area contributed by atoms with Crippen LogP contribution in [-0.2, 0) is 11.8 Å². The highest BCUT2D eigenvalue weighted by molar-refractivity contribution is 5.95. The summed E-state index contributed by atoms with van der Waals surface area (Å²) < 4.78 is 12.4. The van der Waals surface area contributed by atoms with Crippen molar-refractivity contribution >= 4 is 11.0 Å². The molecule has 4 aromatic rings. The molecule has 0 radical (unpaired) electrons. The van der Waals surface area contributed by atoms with Gasteiger partial charge in [0.15, 0.2) is 0 Å². The molecule has 2 aromatic heterocycles. The van der Waals surface area contributed by atoms with Crippen molar-refractivity contribution < 1.29 is 8.83 Å². The third-order valence-corrected chi connectivity index (χ3v) is 5.61. The van der Waals surface area contributed by atoms with E-state index in [0.717, 1.165) is 46.7 Å². The third kappa shape index (κ3) is 2.03. The summed E-state index contributed by atoms with van der Waals surface area (Å²) in [5.74, 6) is 2.96. The Balaban J connectivity index is 1.83. The number of aryl methyl sites for hydroxylation is 2. The summed E-state index contributed by atoms with van der Waals surface area (Å²) in [4.78, 5) is 0. The molecule has 1 atom stereocenters. The zero-order valence-corrected chi connectivity index (χ0v) is 14.5. The van der Waals surface area contributed by atoms with Gasteiger partial charge in [-0.1, -0.05) is 55.5 Å². The Morgan fingerprint density at radius 2 is 1.68 bits per heavy atom. The molecule has 1 aliphatic rings. The molecular formula is C23H20O2. The second kappa shape index (κ2) is 5.13. The second-order valence-electron chi connectivity index (χ2n) is 7.19.